The molecule has 1 aromatic rings. The van der Waals surface area contributed by atoms with Crippen LogP contribution >= 0.6 is 0 Å². The lowest BCUT2D eigenvalue weighted by atomic mass is 10.2. The van der Waals surface area contributed by atoms with E-state index in [0.29, 0.717) is 11.3 Å². The molecular formula is C15H20F3N3O2. The topological polar surface area (TPSA) is 54.3 Å². The molecule has 2 heterocycles. The van der Waals surface area contributed by atoms with Crippen LogP contribution in [0, 0.1) is 13.8 Å². The molecule has 128 valence electrons. The van der Waals surface area contributed by atoms with Gasteiger partial charge in [-0.05, 0) is 38.3 Å². The zero-order valence-electron chi connectivity index (χ0n) is 13.3. The van der Waals surface area contributed by atoms with Crippen molar-refractivity contribution in [3.8, 4) is 0 Å². The fourth-order valence-corrected chi connectivity index (χ4v) is 2.86. The van der Waals surface area contributed by atoms with Crippen molar-refractivity contribution >= 4 is 11.8 Å². The molecule has 2 amide bonds. The minimum absolute atomic E-state index is 0.0418. The number of carbonyl (C=O) groups excluding carboxylic acids is 2. The summed E-state index contributed by atoms with van der Waals surface area (Å²) in [5.41, 5.74) is 2.92. The molecule has 1 fully saturated rings. The van der Waals surface area contributed by atoms with E-state index in [1.807, 2.05) is 31.5 Å². The highest BCUT2D eigenvalue weighted by molar-refractivity contribution is 5.90. The Morgan fingerprint density at radius 3 is 2.52 bits per heavy atom. The van der Waals surface area contributed by atoms with Gasteiger partial charge in [0.1, 0.15) is 6.04 Å². The second-order valence-corrected chi connectivity index (χ2v) is 5.83. The molecule has 1 atom stereocenters. The molecule has 1 aliphatic heterocycles. The zero-order valence-corrected chi connectivity index (χ0v) is 13.3. The Morgan fingerprint density at radius 1 is 1.35 bits per heavy atom. The molecule has 23 heavy (non-hydrogen) atoms. The van der Waals surface area contributed by atoms with Crippen molar-refractivity contribution in [2.24, 2.45) is 7.05 Å². The standard InChI is InChI=1S/C15H20F3N3O2/c1-9-7-11(10(2)20(9)3)8-19-13(22)12-5-4-6-21(12)14(23)15(16,17)18/h7,12H,4-6,8H2,1-3H3,(H,19,22). The number of rotatable bonds is 3. The van der Waals surface area contributed by atoms with Gasteiger partial charge in [-0.25, -0.2) is 0 Å². The van der Waals surface area contributed by atoms with Gasteiger partial charge >= 0.3 is 12.1 Å². The average molecular weight is 331 g/mol. The molecule has 5 nitrogen and oxygen atoms in total. The first-order valence-corrected chi connectivity index (χ1v) is 7.40. The SMILES string of the molecule is Cc1cc(CNC(=O)C2CCCN2C(=O)C(F)(F)F)c(C)n1C. The number of halogens is 3. The molecule has 2 rings (SSSR count). The maximum Gasteiger partial charge on any atom is 0.471 e. The number of aromatic nitrogens is 1. The number of hydrogen-bond acceptors (Lipinski definition) is 2. The molecule has 0 spiro atoms. The Bertz CT molecular complexity index is 622. The van der Waals surface area contributed by atoms with Gasteiger partial charge in [0.25, 0.3) is 0 Å². The highest BCUT2D eigenvalue weighted by Crippen LogP contribution is 2.25. The second-order valence-electron chi connectivity index (χ2n) is 5.83. The van der Waals surface area contributed by atoms with Crippen molar-refractivity contribution in [2.75, 3.05) is 6.54 Å². The molecule has 1 saturated heterocycles. The summed E-state index contributed by atoms with van der Waals surface area (Å²) in [5.74, 6) is -2.48. The van der Waals surface area contributed by atoms with Crippen LogP contribution < -0.4 is 5.32 Å². The van der Waals surface area contributed by atoms with E-state index in [0.717, 1.165) is 17.0 Å². The minimum Gasteiger partial charge on any atom is -0.352 e. The number of aryl methyl sites for hydroxylation is 1. The third kappa shape index (κ3) is 3.51. The molecule has 0 aliphatic carbocycles. The van der Waals surface area contributed by atoms with Crippen LogP contribution in [0.4, 0.5) is 13.2 Å². The van der Waals surface area contributed by atoms with Gasteiger partial charge in [0.2, 0.25) is 5.91 Å². The van der Waals surface area contributed by atoms with E-state index >= 15 is 0 Å². The van der Waals surface area contributed by atoms with Gasteiger partial charge in [-0.2, -0.15) is 13.2 Å². The Morgan fingerprint density at radius 2 is 2.00 bits per heavy atom. The first-order chi connectivity index (χ1) is 10.6. The molecule has 1 N–H and O–H groups in total. The van der Waals surface area contributed by atoms with E-state index in [-0.39, 0.29) is 19.5 Å². The molecule has 0 radical (unpaired) electrons. The largest absolute Gasteiger partial charge is 0.471 e. The van der Waals surface area contributed by atoms with Crippen molar-refractivity contribution in [3.05, 3.63) is 23.0 Å². The van der Waals surface area contributed by atoms with Crippen molar-refractivity contribution in [1.29, 1.82) is 0 Å². The number of likely N-dealkylation sites (tertiary alicyclic amines) is 1. The number of nitrogens with zero attached hydrogens (tertiary/aromatic N) is 2. The van der Waals surface area contributed by atoms with Crippen LogP contribution in [-0.2, 0) is 23.2 Å². The maximum absolute atomic E-state index is 12.6. The summed E-state index contributed by atoms with van der Waals surface area (Å²) >= 11 is 0. The molecule has 0 saturated carbocycles. The van der Waals surface area contributed by atoms with Gasteiger partial charge in [-0.1, -0.05) is 0 Å². The van der Waals surface area contributed by atoms with Gasteiger partial charge in [0.05, 0.1) is 0 Å². The normalized spacial score (nSPS) is 18.3. The van der Waals surface area contributed by atoms with Crippen LogP contribution in [0.15, 0.2) is 6.07 Å². The summed E-state index contributed by atoms with van der Waals surface area (Å²) < 4.78 is 39.7. The summed E-state index contributed by atoms with van der Waals surface area (Å²) in [4.78, 5) is 24.2. The Hall–Kier alpha value is -1.99. The number of amides is 2. The number of hydrogen-bond donors (Lipinski definition) is 1. The van der Waals surface area contributed by atoms with Crippen molar-refractivity contribution in [3.63, 3.8) is 0 Å². The third-order valence-electron chi connectivity index (χ3n) is 4.39. The lowest BCUT2D eigenvalue weighted by Crippen LogP contribution is -2.50. The van der Waals surface area contributed by atoms with Crippen LogP contribution in [0.2, 0.25) is 0 Å². The second kappa shape index (κ2) is 6.25. The van der Waals surface area contributed by atoms with Crippen LogP contribution in [-0.4, -0.2) is 40.0 Å². The van der Waals surface area contributed by atoms with Gasteiger partial charge in [0.15, 0.2) is 0 Å². The van der Waals surface area contributed by atoms with Crippen molar-refractivity contribution < 1.29 is 22.8 Å². The molecule has 1 aliphatic rings. The Kier molecular flexibility index (Phi) is 4.72. The summed E-state index contributed by atoms with van der Waals surface area (Å²) in [5, 5.41) is 2.65. The monoisotopic (exact) mass is 331 g/mol. The predicted octanol–water partition coefficient (Wildman–Crippen LogP) is 1.81. The van der Waals surface area contributed by atoms with Gasteiger partial charge in [-0.3, -0.25) is 9.59 Å². The summed E-state index contributed by atoms with van der Waals surface area (Å²) in [6, 6.07) is 0.873. The fourth-order valence-electron chi connectivity index (χ4n) is 2.86. The zero-order chi connectivity index (χ0) is 17.4. The third-order valence-corrected chi connectivity index (χ3v) is 4.39. The van der Waals surface area contributed by atoms with Gasteiger partial charge < -0.3 is 14.8 Å². The number of alkyl halides is 3. The smallest absolute Gasteiger partial charge is 0.352 e. The number of nitrogens with one attached hydrogen (secondary N) is 1. The summed E-state index contributed by atoms with van der Waals surface area (Å²) in [7, 11) is 1.90. The van der Waals surface area contributed by atoms with Crippen molar-refractivity contribution in [2.45, 2.75) is 45.5 Å². The number of carbonyl (C=O) groups is 2. The van der Waals surface area contributed by atoms with E-state index in [2.05, 4.69) is 5.32 Å². The Labute approximate surface area is 132 Å². The van der Waals surface area contributed by atoms with E-state index in [1.165, 1.54) is 0 Å². The average Bonchev–Trinajstić information content (AvgIpc) is 3.04. The minimum atomic E-state index is -4.95. The predicted molar refractivity (Wildman–Crippen MR) is 77.5 cm³/mol. The van der Waals surface area contributed by atoms with Crippen LogP contribution in [0.25, 0.3) is 0 Å². The van der Waals surface area contributed by atoms with Crippen LogP contribution in [0.3, 0.4) is 0 Å². The molecule has 1 aromatic heterocycles. The van der Waals surface area contributed by atoms with Crippen molar-refractivity contribution in [1.82, 2.24) is 14.8 Å². The van der Waals surface area contributed by atoms with E-state index in [4.69, 9.17) is 0 Å². The summed E-state index contributed by atoms with van der Waals surface area (Å²) in [6.07, 6.45) is -4.31. The molecular weight excluding hydrogens is 311 g/mol. The maximum atomic E-state index is 12.6. The van der Waals surface area contributed by atoms with E-state index in [9.17, 15) is 22.8 Å². The molecule has 0 bridgehead atoms. The molecule has 1 unspecified atom stereocenters. The van der Waals surface area contributed by atoms with E-state index in [1.54, 1.807) is 0 Å². The van der Waals surface area contributed by atoms with Crippen LogP contribution in [0.5, 0.6) is 0 Å². The molecule has 8 heteroatoms. The first-order valence-electron chi connectivity index (χ1n) is 7.40. The van der Waals surface area contributed by atoms with Crippen LogP contribution in [0.1, 0.15) is 29.8 Å². The highest BCUT2D eigenvalue weighted by Gasteiger charge is 2.47. The Balaban J connectivity index is 2.02. The fraction of sp³-hybridized carbons (Fsp3) is 0.600. The lowest BCUT2D eigenvalue weighted by Gasteiger charge is -2.24. The molecule has 0 aromatic carbocycles. The lowest BCUT2D eigenvalue weighted by molar-refractivity contribution is -0.186. The summed E-state index contributed by atoms with van der Waals surface area (Å²) in [6.45, 7) is 4.03. The van der Waals surface area contributed by atoms with E-state index < -0.39 is 24.0 Å². The quantitative estimate of drug-likeness (QED) is 0.918. The highest BCUT2D eigenvalue weighted by atomic mass is 19.4. The first kappa shape index (κ1) is 17.4. The van der Waals surface area contributed by atoms with Gasteiger partial charge in [0, 0.05) is 31.5 Å². The van der Waals surface area contributed by atoms with Gasteiger partial charge in [-0.15, -0.1) is 0 Å².